The summed E-state index contributed by atoms with van der Waals surface area (Å²) < 4.78 is 5.49. The van der Waals surface area contributed by atoms with Gasteiger partial charge >= 0.3 is 0 Å². The number of nitrogens with two attached hydrogens (primary N) is 1. The molecule has 0 saturated heterocycles. The third kappa shape index (κ3) is 1.13. The smallest absolute Gasteiger partial charge is 0.0801 e. The van der Waals surface area contributed by atoms with Gasteiger partial charge in [0.25, 0.3) is 0 Å². The summed E-state index contributed by atoms with van der Waals surface area (Å²) >= 11 is 0. The number of rotatable bonds is 0. The Labute approximate surface area is 72.3 Å². The summed E-state index contributed by atoms with van der Waals surface area (Å²) in [5.41, 5.74) is 8.35. The van der Waals surface area contributed by atoms with Gasteiger partial charge in [-0.15, -0.1) is 0 Å². The molecule has 2 N–H and O–H groups in total. The minimum Gasteiger partial charge on any atom is -0.372 e. The molecule has 0 aromatic heterocycles. The van der Waals surface area contributed by atoms with E-state index in [2.05, 4.69) is 19.1 Å². The van der Waals surface area contributed by atoms with E-state index in [0.29, 0.717) is 6.61 Å². The van der Waals surface area contributed by atoms with Crippen molar-refractivity contribution in [3.8, 4) is 0 Å². The van der Waals surface area contributed by atoms with Gasteiger partial charge in [0.15, 0.2) is 0 Å². The third-order valence-electron chi connectivity index (χ3n) is 2.36. The van der Waals surface area contributed by atoms with Crippen LogP contribution in [0.15, 0.2) is 24.3 Å². The molecule has 0 amide bonds. The fraction of sp³-hybridized carbons (Fsp3) is 0.400. The summed E-state index contributed by atoms with van der Waals surface area (Å²) in [6.45, 7) is 2.70. The molecular formula is C10H13NO. The zero-order valence-corrected chi connectivity index (χ0v) is 7.16. The van der Waals surface area contributed by atoms with Gasteiger partial charge in [-0.1, -0.05) is 24.3 Å². The molecule has 1 aliphatic heterocycles. The van der Waals surface area contributed by atoms with Crippen LogP contribution < -0.4 is 5.73 Å². The highest BCUT2D eigenvalue weighted by Crippen LogP contribution is 2.30. The highest BCUT2D eigenvalue weighted by Gasteiger charge is 2.21. The molecule has 0 unspecified atom stereocenters. The van der Waals surface area contributed by atoms with E-state index in [-0.39, 0.29) is 12.1 Å². The van der Waals surface area contributed by atoms with Crippen molar-refractivity contribution in [1.29, 1.82) is 0 Å². The van der Waals surface area contributed by atoms with E-state index in [1.165, 1.54) is 11.1 Å². The molecule has 0 bridgehead atoms. The lowest BCUT2D eigenvalue weighted by molar-refractivity contribution is 0.0408. The van der Waals surface area contributed by atoms with Crippen LogP contribution >= 0.6 is 0 Å². The molecule has 0 saturated carbocycles. The van der Waals surface area contributed by atoms with Crippen molar-refractivity contribution in [3.63, 3.8) is 0 Å². The molecule has 0 aliphatic carbocycles. The molecule has 1 aromatic carbocycles. The van der Waals surface area contributed by atoms with E-state index >= 15 is 0 Å². The molecule has 64 valence electrons. The molecule has 12 heavy (non-hydrogen) atoms. The predicted octanol–water partition coefficient (Wildman–Crippen LogP) is 1.78. The average molecular weight is 163 g/mol. The maximum Gasteiger partial charge on any atom is 0.0801 e. The Hall–Kier alpha value is -0.860. The van der Waals surface area contributed by atoms with Crippen LogP contribution in [-0.2, 0) is 4.74 Å². The molecule has 0 fully saturated rings. The highest BCUT2D eigenvalue weighted by atomic mass is 16.5. The fourth-order valence-corrected chi connectivity index (χ4v) is 1.65. The molecule has 2 atom stereocenters. The van der Waals surface area contributed by atoms with Crippen LogP contribution in [0.3, 0.4) is 0 Å². The monoisotopic (exact) mass is 163 g/mol. The van der Waals surface area contributed by atoms with Crippen molar-refractivity contribution in [2.24, 2.45) is 5.73 Å². The molecule has 0 radical (unpaired) electrons. The van der Waals surface area contributed by atoms with Gasteiger partial charge in [0.05, 0.1) is 18.8 Å². The molecule has 1 heterocycles. The van der Waals surface area contributed by atoms with E-state index in [9.17, 15) is 0 Å². The Morgan fingerprint density at radius 2 is 2.00 bits per heavy atom. The topological polar surface area (TPSA) is 35.2 Å². The molecule has 1 aromatic rings. The van der Waals surface area contributed by atoms with Crippen LogP contribution in [0.4, 0.5) is 0 Å². The van der Waals surface area contributed by atoms with E-state index in [4.69, 9.17) is 10.5 Å². The molecule has 0 spiro atoms. The van der Waals surface area contributed by atoms with E-state index < -0.39 is 0 Å². The Bertz CT molecular complexity index is 256. The van der Waals surface area contributed by atoms with Crippen molar-refractivity contribution in [1.82, 2.24) is 0 Å². The minimum absolute atomic E-state index is 0.0531. The normalized spacial score (nSPS) is 28.2. The van der Waals surface area contributed by atoms with E-state index in [1.807, 2.05) is 12.1 Å². The summed E-state index contributed by atoms with van der Waals surface area (Å²) in [6.07, 6.45) is 0.195. The van der Waals surface area contributed by atoms with Gasteiger partial charge in [0.2, 0.25) is 0 Å². The second kappa shape index (κ2) is 2.88. The lowest BCUT2D eigenvalue weighted by atomic mass is 9.95. The first kappa shape index (κ1) is 7.77. The van der Waals surface area contributed by atoms with Gasteiger partial charge in [0, 0.05) is 0 Å². The van der Waals surface area contributed by atoms with E-state index in [1.54, 1.807) is 0 Å². The van der Waals surface area contributed by atoms with Crippen molar-refractivity contribution in [3.05, 3.63) is 35.4 Å². The van der Waals surface area contributed by atoms with Crippen molar-refractivity contribution in [2.75, 3.05) is 6.61 Å². The Morgan fingerprint density at radius 3 is 2.67 bits per heavy atom. The third-order valence-corrected chi connectivity index (χ3v) is 2.36. The Morgan fingerprint density at radius 1 is 1.33 bits per heavy atom. The summed E-state index contributed by atoms with van der Waals surface area (Å²) in [7, 11) is 0. The minimum atomic E-state index is 0.0531. The van der Waals surface area contributed by atoms with Crippen LogP contribution in [0.25, 0.3) is 0 Å². The van der Waals surface area contributed by atoms with Gasteiger partial charge < -0.3 is 10.5 Å². The lowest BCUT2D eigenvalue weighted by Gasteiger charge is -2.27. The van der Waals surface area contributed by atoms with Crippen LogP contribution in [0, 0.1) is 0 Å². The van der Waals surface area contributed by atoms with E-state index in [0.717, 1.165) is 0 Å². The molecular weight excluding hydrogens is 150 g/mol. The molecule has 2 nitrogen and oxygen atoms in total. The summed E-state index contributed by atoms with van der Waals surface area (Å²) in [6, 6.07) is 8.27. The number of hydrogen-bond acceptors (Lipinski definition) is 2. The summed E-state index contributed by atoms with van der Waals surface area (Å²) in [4.78, 5) is 0. The summed E-state index contributed by atoms with van der Waals surface area (Å²) in [5, 5.41) is 0. The maximum absolute atomic E-state index is 5.88. The van der Waals surface area contributed by atoms with Crippen molar-refractivity contribution >= 4 is 0 Å². The first-order valence-electron chi connectivity index (χ1n) is 4.25. The van der Waals surface area contributed by atoms with Gasteiger partial charge in [-0.05, 0) is 18.1 Å². The predicted molar refractivity (Wildman–Crippen MR) is 47.7 cm³/mol. The number of hydrogen-bond donors (Lipinski definition) is 1. The van der Waals surface area contributed by atoms with Crippen molar-refractivity contribution < 1.29 is 4.74 Å². The number of fused-ring (bicyclic) bond motifs is 1. The Kier molecular flexibility index (Phi) is 1.87. The first-order valence-corrected chi connectivity index (χ1v) is 4.25. The summed E-state index contributed by atoms with van der Waals surface area (Å²) in [5.74, 6) is 0. The quantitative estimate of drug-likeness (QED) is 0.632. The van der Waals surface area contributed by atoms with Crippen LogP contribution in [0.2, 0.25) is 0 Å². The molecule has 2 heteroatoms. The Balaban J connectivity index is 2.47. The van der Waals surface area contributed by atoms with Gasteiger partial charge in [0.1, 0.15) is 0 Å². The standard InChI is InChI=1S/C10H13NO/c1-7-8-4-2-3-5-9(8)10(11)6-12-7/h2-5,7,10H,6,11H2,1H3/t7-,10+/m0/s1. The van der Waals surface area contributed by atoms with Gasteiger partial charge in [-0.3, -0.25) is 0 Å². The van der Waals surface area contributed by atoms with Gasteiger partial charge in [-0.2, -0.15) is 0 Å². The second-order valence-corrected chi connectivity index (χ2v) is 3.21. The number of benzene rings is 1. The van der Waals surface area contributed by atoms with Crippen LogP contribution in [-0.4, -0.2) is 6.61 Å². The SMILES string of the molecule is C[C@@H]1OC[C@@H](N)c2ccccc21. The zero-order valence-electron chi connectivity index (χ0n) is 7.16. The lowest BCUT2D eigenvalue weighted by Crippen LogP contribution is -2.25. The van der Waals surface area contributed by atoms with Crippen molar-refractivity contribution in [2.45, 2.75) is 19.1 Å². The molecule has 2 rings (SSSR count). The van der Waals surface area contributed by atoms with Crippen LogP contribution in [0.1, 0.15) is 30.2 Å². The van der Waals surface area contributed by atoms with Crippen LogP contribution in [0.5, 0.6) is 0 Å². The first-order chi connectivity index (χ1) is 5.79. The average Bonchev–Trinajstić information content (AvgIpc) is 2.12. The zero-order chi connectivity index (χ0) is 8.55. The van der Waals surface area contributed by atoms with Gasteiger partial charge in [-0.25, -0.2) is 0 Å². The second-order valence-electron chi connectivity index (χ2n) is 3.21. The fourth-order valence-electron chi connectivity index (χ4n) is 1.65. The number of ether oxygens (including phenoxy) is 1. The highest BCUT2D eigenvalue weighted by molar-refractivity contribution is 5.32. The maximum atomic E-state index is 5.88. The molecule has 1 aliphatic rings. The largest absolute Gasteiger partial charge is 0.372 e.